The van der Waals surface area contributed by atoms with Gasteiger partial charge in [-0.1, -0.05) is 18.2 Å². The van der Waals surface area contributed by atoms with Gasteiger partial charge in [-0.2, -0.15) is 0 Å². The van der Waals surface area contributed by atoms with Gasteiger partial charge in [0.2, 0.25) is 0 Å². The summed E-state index contributed by atoms with van der Waals surface area (Å²) in [6.45, 7) is 6.95. The van der Waals surface area contributed by atoms with Gasteiger partial charge in [0, 0.05) is 11.2 Å². The highest BCUT2D eigenvalue weighted by molar-refractivity contribution is 5.92. The second kappa shape index (κ2) is 5.73. The second-order valence-electron chi connectivity index (χ2n) is 5.40. The number of hydrogen-bond acceptors (Lipinski definition) is 2. The van der Waals surface area contributed by atoms with Gasteiger partial charge in [0.1, 0.15) is 6.54 Å². The summed E-state index contributed by atoms with van der Waals surface area (Å²) in [5.74, 6) is -1.03. The van der Waals surface area contributed by atoms with Crippen LogP contribution in [-0.4, -0.2) is 34.1 Å². The van der Waals surface area contributed by atoms with E-state index in [1.165, 1.54) is 4.90 Å². The largest absolute Gasteiger partial charge is 0.480 e. The molecule has 2 N–H and O–H groups in total. The molecule has 0 saturated carbocycles. The van der Waals surface area contributed by atoms with E-state index in [1.54, 1.807) is 26.8 Å². The van der Waals surface area contributed by atoms with Crippen molar-refractivity contribution < 1.29 is 14.7 Å². The Morgan fingerprint density at radius 1 is 1.26 bits per heavy atom. The number of nitrogens with zero attached hydrogens (tertiary/aromatic N) is 1. The molecule has 0 radical (unpaired) electrons. The summed E-state index contributed by atoms with van der Waals surface area (Å²) in [6.07, 6.45) is 0. The van der Waals surface area contributed by atoms with E-state index in [0.717, 1.165) is 5.56 Å². The van der Waals surface area contributed by atoms with Crippen LogP contribution < -0.4 is 5.32 Å². The number of carbonyl (C=O) groups is 2. The Morgan fingerprint density at radius 3 is 2.32 bits per heavy atom. The van der Waals surface area contributed by atoms with Crippen molar-refractivity contribution in [1.82, 2.24) is 4.90 Å². The number of rotatable bonds is 3. The van der Waals surface area contributed by atoms with Crippen LogP contribution in [0.15, 0.2) is 24.3 Å². The molecule has 0 spiro atoms. The predicted molar refractivity (Wildman–Crippen MR) is 74.3 cm³/mol. The average molecular weight is 264 g/mol. The Hall–Kier alpha value is -2.04. The minimum Gasteiger partial charge on any atom is -0.480 e. The number of hydrogen-bond donors (Lipinski definition) is 2. The molecule has 0 heterocycles. The molecule has 19 heavy (non-hydrogen) atoms. The number of amides is 2. The van der Waals surface area contributed by atoms with Gasteiger partial charge in [0.05, 0.1) is 0 Å². The maximum Gasteiger partial charge on any atom is 0.323 e. The SMILES string of the molecule is Cc1ccccc1NC(=O)N(CC(=O)O)C(C)(C)C. The number of urea groups is 1. The van der Waals surface area contributed by atoms with Gasteiger partial charge in [-0.05, 0) is 39.3 Å². The summed E-state index contributed by atoms with van der Waals surface area (Å²) in [4.78, 5) is 24.4. The van der Waals surface area contributed by atoms with Crippen LogP contribution in [0.1, 0.15) is 26.3 Å². The van der Waals surface area contributed by atoms with Gasteiger partial charge < -0.3 is 15.3 Å². The molecular formula is C14H20N2O3. The Balaban J connectivity index is 2.89. The van der Waals surface area contributed by atoms with Crippen molar-refractivity contribution in [2.24, 2.45) is 0 Å². The molecular weight excluding hydrogens is 244 g/mol. The predicted octanol–water partition coefficient (Wildman–Crippen LogP) is 2.71. The zero-order valence-corrected chi connectivity index (χ0v) is 11.7. The zero-order valence-electron chi connectivity index (χ0n) is 11.7. The standard InChI is InChI=1S/C14H20N2O3/c1-10-7-5-6-8-11(10)15-13(19)16(9-12(17)18)14(2,3)4/h5-8H,9H2,1-4H3,(H,15,19)(H,17,18). The molecule has 0 aliphatic rings. The normalized spacial score (nSPS) is 10.9. The monoisotopic (exact) mass is 264 g/mol. The van der Waals surface area contributed by atoms with Crippen LogP contribution in [0.3, 0.4) is 0 Å². The average Bonchev–Trinajstić information content (AvgIpc) is 2.27. The number of para-hydroxylation sites is 1. The summed E-state index contributed by atoms with van der Waals surface area (Å²) in [7, 11) is 0. The van der Waals surface area contributed by atoms with Crippen molar-refractivity contribution in [2.75, 3.05) is 11.9 Å². The van der Waals surface area contributed by atoms with E-state index in [1.807, 2.05) is 25.1 Å². The lowest BCUT2D eigenvalue weighted by Crippen LogP contribution is -2.50. The molecule has 1 aromatic carbocycles. The molecule has 5 heteroatoms. The van der Waals surface area contributed by atoms with Gasteiger partial charge in [-0.3, -0.25) is 4.79 Å². The number of aliphatic carboxylic acids is 1. The molecule has 0 aliphatic heterocycles. The quantitative estimate of drug-likeness (QED) is 0.881. The van der Waals surface area contributed by atoms with E-state index in [9.17, 15) is 9.59 Å². The van der Waals surface area contributed by atoms with Gasteiger partial charge in [0.15, 0.2) is 0 Å². The molecule has 104 valence electrons. The lowest BCUT2D eigenvalue weighted by Gasteiger charge is -2.34. The zero-order chi connectivity index (χ0) is 14.6. The fourth-order valence-electron chi connectivity index (χ4n) is 1.64. The van der Waals surface area contributed by atoms with Gasteiger partial charge in [-0.15, -0.1) is 0 Å². The molecule has 5 nitrogen and oxygen atoms in total. The van der Waals surface area contributed by atoms with Crippen molar-refractivity contribution in [3.63, 3.8) is 0 Å². The third kappa shape index (κ3) is 4.28. The van der Waals surface area contributed by atoms with Crippen molar-refractivity contribution in [1.29, 1.82) is 0 Å². The molecule has 0 aliphatic carbocycles. The summed E-state index contributed by atoms with van der Waals surface area (Å²) in [5, 5.41) is 11.6. The molecule has 0 aromatic heterocycles. The smallest absolute Gasteiger partial charge is 0.323 e. The second-order valence-corrected chi connectivity index (χ2v) is 5.40. The van der Waals surface area contributed by atoms with Crippen LogP contribution >= 0.6 is 0 Å². The Labute approximate surface area is 113 Å². The lowest BCUT2D eigenvalue weighted by atomic mass is 10.1. The van der Waals surface area contributed by atoms with E-state index in [2.05, 4.69) is 5.32 Å². The first-order chi connectivity index (χ1) is 8.71. The van der Waals surface area contributed by atoms with Crippen molar-refractivity contribution in [2.45, 2.75) is 33.2 Å². The Morgan fingerprint density at radius 2 is 1.84 bits per heavy atom. The molecule has 1 aromatic rings. The maximum atomic E-state index is 12.2. The topological polar surface area (TPSA) is 69.6 Å². The van der Waals surface area contributed by atoms with Crippen LogP contribution in [0.5, 0.6) is 0 Å². The van der Waals surface area contributed by atoms with E-state index < -0.39 is 17.5 Å². The number of carboxylic acid groups (broad SMARTS) is 1. The Kier molecular flexibility index (Phi) is 4.53. The van der Waals surface area contributed by atoms with Crippen molar-refractivity contribution in [3.8, 4) is 0 Å². The molecule has 0 bridgehead atoms. The van der Waals surface area contributed by atoms with Gasteiger partial charge >= 0.3 is 12.0 Å². The fourth-order valence-corrected chi connectivity index (χ4v) is 1.64. The minimum absolute atomic E-state index is 0.332. The van der Waals surface area contributed by atoms with E-state index in [4.69, 9.17) is 5.11 Å². The summed E-state index contributed by atoms with van der Waals surface area (Å²) in [6, 6.07) is 6.96. The highest BCUT2D eigenvalue weighted by Crippen LogP contribution is 2.18. The van der Waals surface area contributed by atoms with Crippen LogP contribution in [0.25, 0.3) is 0 Å². The molecule has 0 saturated heterocycles. The van der Waals surface area contributed by atoms with Crippen LogP contribution in [0, 0.1) is 6.92 Å². The number of nitrogens with one attached hydrogen (secondary N) is 1. The molecule has 0 atom stereocenters. The van der Waals surface area contributed by atoms with Crippen LogP contribution in [-0.2, 0) is 4.79 Å². The van der Waals surface area contributed by atoms with Crippen molar-refractivity contribution in [3.05, 3.63) is 29.8 Å². The highest BCUT2D eigenvalue weighted by Gasteiger charge is 2.28. The summed E-state index contributed by atoms with van der Waals surface area (Å²) < 4.78 is 0. The molecule has 2 amide bonds. The fraction of sp³-hybridized carbons (Fsp3) is 0.429. The highest BCUT2D eigenvalue weighted by atomic mass is 16.4. The number of carbonyl (C=O) groups excluding carboxylic acids is 1. The van der Waals surface area contributed by atoms with E-state index >= 15 is 0 Å². The molecule has 1 rings (SSSR count). The maximum absolute atomic E-state index is 12.2. The number of aryl methyl sites for hydroxylation is 1. The van der Waals surface area contributed by atoms with Gasteiger partial charge in [0.25, 0.3) is 0 Å². The van der Waals surface area contributed by atoms with Crippen LogP contribution in [0.2, 0.25) is 0 Å². The number of carboxylic acids is 1. The first-order valence-corrected chi connectivity index (χ1v) is 6.08. The Bertz CT molecular complexity index is 478. The minimum atomic E-state index is -1.03. The molecule has 0 unspecified atom stereocenters. The lowest BCUT2D eigenvalue weighted by molar-refractivity contribution is -0.138. The number of benzene rings is 1. The van der Waals surface area contributed by atoms with Crippen molar-refractivity contribution >= 4 is 17.7 Å². The number of anilines is 1. The molecule has 0 fully saturated rings. The summed E-state index contributed by atoms with van der Waals surface area (Å²) >= 11 is 0. The first-order valence-electron chi connectivity index (χ1n) is 6.08. The van der Waals surface area contributed by atoms with E-state index in [-0.39, 0.29) is 6.54 Å². The third-order valence-corrected chi connectivity index (χ3v) is 2.73. The van der Waals surface area contributed by atoms with E-state index in [0.29, 0.717) is 5.69 Å². The summed E-state index contributed by atoms with van der Waals surface area (Å²) in [5.41, 5.74) is 1.05. The van der Waals surface area contributed by atoms with Crippen LogP contribution in [0.4, 0.5) is 10.5 Å². The first kappa shape index (κ1) is 15.0. The van der Waals surface area contributed by atoms with Gasteiger partial charge in [-0.25, -0.2) is 4.79 Å². The third-order valence-electron chi connectivity index (χ3n) is 2.73.